The summed E-state index contributed by atoms with van der Waals surface area (Å²) in [7, 11) is 0. The van der Waals surface area contributed by atoms with Gasteiger partial charge in [-0.05, 0) is 209 Å². The number of nitrogens with zero attached hydrogens (tertiary/aromatic N) is 4. The van der Waals surface area contributed by atoms with E-state index in [1.165, 1.54) is 11.1 Å². The topological polar surface area (TPSA) is 16.3 Å². The van der Waals surface area contributed by atoms with Crippen molar-refractivity contribution < 1.29 is 16.4 Å². The second kappa shape index (κ2) is 23.9. The van der Waals surface area contributed by atoms with Gasteiger partial charge in [0, 0.05) is 92.9 Å². The molecule has 3 aromatic heterocycles. The minimum Gasteiger partial charge on any atom is -0.334 e. The normalized spacial score (nSPS) is 20.2. The van der Waals surface area contributed by atoms with Crippen LogP contribution < -0.4 is 26.2 Å². The van der Waals surface area contributed by atoms with E-state index in [-0.39, 0.29) is 92.7 Å². The largest absolute Gasteiger partial charge is 0.334 e. The fourth-order valence-electron chi connectivity index (χ4n) is 18.1. The van der Waals surface area contributed by atoms with Crippen molar-refractivity contribution in [2.45, 2.75) is 131 Å². The van der Waals surface area contributed by atoms with Crippen molar-refractivity contribution in [3.8, 4) is 33.6 Å². The average Bonchev–Trinajstić information content (AvgIpc) is 1.43. The third kappa shape index (κ3) is 10.1. The summed E-state index contributed by atoms with van der Waals surface area (Å²) < 4.78 is 121. The van der Waals surface area contributed by atoms with Gasteiger partial charge in [-0.15, -0.1) is 11.3 Å². The van der Waals surface area contributed by atoms with E-state index in [1.807, 2.05) is 12.1 Å². The first-order valence-electron chi connectivity index (χ1n) is 42.8. The van der Waals surface area contributed by atoms with Gasteiger partial charge >= 0.3 is 0 Å². The molecule has 5 heterocycles. The molecule has 0 N–H and O–H groups in total. The molecule has 0 bridgehead atoms. The summed E-state index contributed by atoms with van der Waals surface area (Å²) in [6.07, 6.45) is 18.1. The molecule has 0 saturated heterocycles. The number of thiophene rings is 1. The van der Waals surface area contributed by atoms with E-state index in [0.717, 1.165) is 166 Å². The lowest BCUT2D eigenvalue weighted by Crippen LogP contribution is -2.64. The molecule has 2 aliphatic heterocycles. The molecule has 6 heteroatoms. The van der Waals surface area contributed by atoms with E-state index in [1.54, 1.807) is 15.9 Å². The fourth-order valence-corrected chi connectivity index (χ4v) is 19.2. The fraction of sp³-hybridized carbons (Fsp3) is 0.250. The lowest BCUT2D eigenvalue weighted by atomic mass is 9.33. The molecule has 11 aromatic carbocycles. The summed E-state index contributed by atoms with van der Waals surface area (Å²) in [5.41, 5.74) is 18.2. The molecular weight excluding hydrogens is 1250 g/mol. The standard InChI is InChI=1S/C96H89BN4S/c1-94(2,3)64-50-73(60-30-14-10-15-31-60)92(74(51-64)61-32-16-11-17-33-61)100-85-56-67(98-81-42-26-22-38-69(81)70-39-23-27-43-82(70)98)46-48-79(85)97-80-49-47-68(99-83-44-28-24-40-71(83)77-58-78-72-41-25-29-45-89(72)102-90(78)59-84(77)99)57-86(80)101(88-55-66(96(7,8)9)54-87(100)91(88)97)93-75(62-34-18-12-19-35-62)52-65(95(4,5)6)53-76(93)63-36-20-13-21-37-63/h10-12,14-18,22-33,36,38-52,54-59,62,65,76,93H,13,19-21,34-35,37,53H2,1-9H3/i22D,23D,24D,26D,27D,28D,38D,39D,40D,42D,43D,44D. The molecule has 14 aromatic rings. The Bertz CT molecular complexity index is 6450. The van der Waals surface area contributed by atoms with Crippen molar-refractivity contribution in [1.29, 1.82) is 0 Å². The highest BCUT2D eigenvalue weighted by molar-refractivity contribution is 7.25. The number of anilines is 5. The van der Waals surface area contributed by atoms with Gasteiger partial charge in [-0.25, -0.2) is 0 Å². The van der Waals surface area contributed by atoms with Gasteiger partial charge in [0.25, 0.3) is 6.71 Å². The van der Waals surface area contributed by atoms with Gasteiger partial charge in [0.15, 0.2) is 0 Å². The summed E-state index contributed by atoms with van der Waals surface area (Å²) >= 11 is 1.70. The summed E-state index contributed by atoms with van der Waals surface area (Å²) in [6.45, 7) is 20.4. The summed E-state index contributed by atoms with van der Waals surface area (Å²) in [6, 6.07) is 52.1. The highest BCUT2D eigenvalue weighted by atomic mass is 32.1. The predicted molar refractivity (Wildman–Crippen MR) is 440 cm³/mol. The Hall–Kier alpha value is -9.88. The zero-order valence-corrected chi connectivity index (χ0v) is 60.4. The highest BCUT2D eigenvalue weighted by Gasteiger charge is 2.51. The van der Waals surface area contributed by atoms with Crippen LogP contribution in [0.3, 0.4) is 0 Å². The Morgan fingerprint density at radius 2 is 1.07 bits per heavy atom. The van der Waals surface area contributed by atoms with Crippen molar-refractivity contribution in [2.75, 3.05) is 9.80 Å². The number of fused-ring (bicyclic) bond motifs is 13. The molecule has 5 aliphatic rings. The maximum atomic E-state index is 10.1. The molecule has 4 atom stereocenters. The van der Waals surface area contributed by atoms with Crippen LogP contribution in [0.15, 0.2) is 266 Å². The summed E-state index contributed by atoms with van der Waals surface area (Å²) in [5, 5.41) is 3.30. The smallest absolute Gasteiger partial charge is 0.252 e. The third-order valence-electron chi connectivity index (χ3n) is 23.3. The van der Waals surface area contributed by atoms with Crippen molar-refractivity contribution in [3.05, 3.63) is 277 Å². The first kappa shape index (κ1) is 51.3. The minimum atomic E-state index is -0.538. The lowest BCUT2D eigenvalue weighted by Gasteiger charge is -2.53. The molecular formula is C96H89BN4S. The lowest BCUT2D eigenvalue weighted by molar-refractivity contribution is 0.220. The number of allylic oxidation sites excluding steroid dienone is 4. The number of para-hydroxylation sites is 3. The van der Waals surface area contributed by atoms with Gasteiger partial charge in [0.05, 0.1) is 50.2 Å². The number of hydrogen-bond acceptors (Lipinski definition) is 3. The van der Waals surface area contributed by atoms with Gasteiger partial charge in [-0.3, -0.25) is 0 Å². The molecule has 0 amide bonds. The Balaban J connectivity index is 1.00. The van der Waals surface area contributed by atoms with E-state index in [4.69, 9.17) is 2.74 Å². The zero-order chi connectivity index (χ0) is 79.5. The Kier molecular flexibility index (Phi) is 12.0. The predicted octanol–water partition coefficient (Wildman–Crippen LogP) is 24.8. The molecule has 4 unspecified atom stereocenters. The Morgan fingerprint density at radius 1 is 0.490 bits per heavy atom. The van der Waals surface area contributed by atoms with Gasteiger partial charge < -0.3 is 18.9 Å². The summed E-state index contributed by atoms with van der Waals surface area (Å²) in [4.78, 5) is 5.27. The Morgan fingerprint density at radius 3 is 1.68 bits per heavy atom. The van der Waals surface area contributed by atoms with Crippen molar-refractivity contribution >= 4 is 127 Å². The molecule has 502 valence electrons. The van der Waals surface area contributed by atoms with Crippen LogP contribution in [-0.2, 0) is 10.8 Å². The molecule has 0 radical (unpaired) electrons. The maximum Gasteiger partial charge on any atom is 0.252 e. The molecule has 0 fully saturated rings. The second-order valence-electron chi connectivity index (χ2n) is 32.4. The monoisotopic (exact) mass is 1350 g/mol. The molecule has 4 nitrogen and oxygen atoms in total. The van der Waals surface area contributed by atoms with Gasteiger partial charge in [-0.1, -0.05) is 238 Å². The van der Waals surface area contributed by atoms with E-state index in [9.17, 15) is 13.7 Å². The maximum absolute atomic E-state index is 10.1. The first-order chi connectivity index (χ1) is 54.5. The SMILES string of the molecule is [2H]c1c([2H])c([2H])c2c(c1[2H])c1cc3c(cc1n2-c1ccc2c(c1)N(C1C(C4CC=CCC4)=CC(C(C)(C)C)CC1C1=CCCCC1)c1cc(C(C)(C)C)cc4c1B2c1ccc(-n2c5c([2H])c([2H])c([2H])c([2H])c5c5c([2H])c([2H])c([2H])c([2H])c52)cc1N4c1c(-c2ccccc2)cc(C(C)(C)C)cc1-c1ccccc1)sc1ccccc13. The third-order valence-corrected chi connectivity index (χ3v) is 24.4. The van der Waals surface area contributed by atoms with Crippen LogP contribution in [-0.4, -0.2) is 21.9 Å². The van der Waals surface area contributed by atoms with E-state index in [0.29, 0.717) is 16.6 Å². The quantitative estimate of drug-likeness (QED) is 0.111. The van der Waals surface area contributed by atoms with Crippen LogP contribution in [0.4, 0.5) is 28.4 Å². The van der Waals surface area contributed by atoms with Crippen LogP contribution >= 0.6 is 11.3 Å². The van der Waals surface area contributed by atoms with Crippen LogP contribution in [0.2, 0.25) is 0 Å². The molecule has 102 heavy (non-hydrogen) atoms. The molecule has 3 aliphatic carbocycles. The number of aromatic nitrogens is 2. The number of rotatable bonds is 8. The highest BCUT2D eigenvalue weighted by Crippen LogP contribution is 2.56. The van der Waals surface area contributed by atoms with E-state index >= 15 is 0 Å². The number of hydrogen-bond donors (Lipinski definition) is 0. The molecule has 0 saturated carbocycles. The van der Waals surface area contributed by atoms with Crippen LogP contribution in [0.25, 0.3) is 97.4 Å². The van der Waals surface area contributed by atoms with Crippen LogP contribution in [0.1, 0.15) is 141 Å². The van der Waals surface area contributed by atoms with Gasteiger partial charge in [-0.2, -0.15) is 0 Å². The number of benzene rings is 11. The van der Waals surface area contributed by atoms with E-state index in [2.05, 4.69) is 247 Å². The summed E-state index contributed by atoms with van der Waals surface area (Å²) in [5.74, 6) is 0.519. The second-order valence-corrected chi connectivity index (χ2v) is 33.5. The first-order valence-corrected chi connectivity index (χ1v) is 37.6. The average molecular weight is 1350 g/mol. The van der Waals surface area contributed by atoms with E-state index < -0.39 is 48.4 Å². The van der Waals surface area contributed by atoms with Crippen molar-refractivity contribution in [1.82, 2.24) is 9.13 Å². The van der Waals surface area contributed by atoms with Crippen LogP contribution in [0.5, 0.6) is 0 Å². The van der Waals surface area contributed by atoms with Crippen molar-refractivity contribution in [2.24, 2.45) is 23.2 Å². The van der Waals surface area contributed by atoms with Gasteiger partial charge in [0.2, 0.25) is 0 Å². The zero-order valence-electron chi connectivity index (χ0n) is 71.6. The minimum absolute atomic E-state index is 0.00136. The Labute approximate surface area is 622 Å². The van der Waals surface area contributed by atoms with Gasteiger partial charge in [0.1, 0.15) is 0 Å². The molecule has 19 rings (SSSR count). The van der Waals surface area contributed by atoms with Crippen LogP contribution in [0, 0.1) is 23.2 Å². The van der Waals surface area contributed by atoms with Crippen molar-refractivity contribution in [3.63, 3.8) is 0 Å². The molecule has 0 spiro atoms.